The maximum absolute atomic E-state index is 13.1. The van der Waals surface area contributed by atoms with E-state index in [4.69, 9.17) is 9.47 Å². The van der Waals surface area contributed by atoms with Crippen LogP contribution < -0.4 is 10.1 Å². The number of aryl methyl sites for hydroxylation is 1. The number of sulfonamides is 1. The van der Waals surface area contributed by atoms with E-state index in [0.717, 1.165) is 11.1 Å². The Morgan fingerprint density at radius 2 is 1.83 bits per heavy atom. The largest absolute Gasteiger partial charge is 0.496 e. The molecule has 1 fully saturated rings. The fourth-order valence-electron chi connectivity index (χ4n) is 3.42. The Bertz CT molecular complexity index is 983. The van der Waals surface area contributed by atoms with Crippen molar-refractivity contribution in [3.8, 4) is 5.75 Å². The van der Waals surface area contributed by atoms with Gasteiger partial charge in [0.15, 0.2) is 0 Å². The van der Waals surface area contributed by atoms with Crippen molar-refractivity contribution >= 4 is 15.9 Å². The molecule has 0 saturated carbocycles. The molecule has 162 valence electrons. The highest BCUT2D eigenvalue weighted by Gasteiger charge is 2.28. The van der Waals surface area contributed by atoms with Crippen LogP contribution in [0.25, 0.3) is 0 Å². The van der Waals surface area contributed by atoms with Crippen molar-refractivity contribution in [2.45, 2.75) is 31.2 Å². The zero-order chi connectivity index (χ0) is 21.7. The standard InChI is InChI=1S/C22H28N2O5S/c1-4-20(17-7-5-16(2)6-8-17)23-22(25)19-15-18(9-10-21(19)28-3)30(26,27)24-11-13-29-14-12-24/h5-10,15,20H,4,11-14H2,1-3H3,(H,23,25)/t20-/m0/s1. The summed E-state index contributed by atoms with van der Waals surface area (Å²) in [7, 11) is -2.26. The molecule has 1 aliphatic heterocycles. The predicted molar refractivity (Wildman–Crippen MR) is 114 cm³/mol. The van der Waals surface area contributed by atoms with Crippen LogP contribution in [0.1, 0.15) is 40.9 Å². The normalized spacial score (nSPS) is 16.1. The van der Waals surface area contributed by atoms with Crippen molar-refractivity contribution in [1.82, 2.24) is 9.62 Å². The van der Waals surface area contributed by atoms with Crippen LogP contribution in [0.5, 0.6) is 5.75 Å². The van der Waals surface area contributed by atoms with Gasteiger partial charge in [-0.25, -0.2) is 8.42 Å². The van der Waals surface area contributed by atoms with E-state index in [1.165, 1.54) is 29.6 Å². The van der Waals surface area contributed by atoms with Crippen molar-refractivity contribution < 1.29 is 22.7 Å². The average Bonchev–Trinajstić information content (AvgIpc) is 2.78. The molecule has 1 saturated heterocycles. The Morgan fingerprint density at radius 1 is 1.17 bits per heavy atom. The monoisotopic (exact) mass is 432 g/mol. The number of hydrogen-bond donors (Lipinski definition) is 1. The van der Waals surface area contributed by atoms with Crippen molar-refractivity contribution in [3.63, 3.8) is 0 Å². The third-order valence-electron chi connectivity index (χ3n) is 5.22. The van der Waals surface area contributed by atoms with Crippen LogP contribution in [0.3, 0.4) is 0 Å². The number of hydrogen-bond acceptors (Lipinski definition) is 5. The van der Waals surface area contributed by atoms with Gasteiger partial charge in [-0.05, 0) is 37.1 Å². The van der Waals surface area contributed by atoms with Gasteiger partial charge < -0.3 is 14.8 Å². The summed E-state index contributed by atoms with van der Waals surface area (Å²) in [5.74, 6) is -0.0505. The summed E-state index contributed by atoms with van der Waals surface area (Å²) in [4.78, 5) is 13.1. The highest BCUT2D eigenvalue weighted by Crippen LogP contribution is 2.26. The zero-order valence-corrected chi connectivity index (χ0v) is 18.4. The van der Waals surface area contributed by atoms with Crippen LogP contribution in [-0.2, 0) is 14.8 Å². The Morgan fingerprint density at radius 3 is 2.43 bits per heavy atom. The molecular weight excluding hydrogens is 404 g/mol. The van der Waals surface area contributed by atoms with Crippen LogP contribution in [0.4, 0.5) is 0 Å². The number of ether oxygens (including phenoxy) is 2. The second-order valence-electron chi connectivity index (χ2n) is 7.22. The van der Waals surface area contributed by atoms with Crippen LogP contribution in [0.15, 0.2) is 47.4 Å². The number of rotatable bonds is 7. The second-order valence-corrected chi connectivity index (χ2v) is 9.16. The predicted octanol–water partition coefficient (Wildman–Crippen LogP) is 2.91. The number of nitrogens with zero attached hydrogens (tertiary/aromatic N) is 1. The molecule has 2 aromatic carbocycles. The fourth-order valence-corrected chi connectivity index (χ4v) is 4.85. The maximum Gasteiger partial charge on any atom is 0.255 e. The van der Waals surface area contributed by atoms with E-state index >= 15 is 0 Å². The summed E-state index contributed by atoms with van der Waals surface area (Å²) in [6.07, 6.45) is 0.697. The van der Waals surface area contributed by atoms with Crippen LogP contribution in [0.2, 0.25) is 0 Å². The van der Waals surface area contributed by atoms with Crippen molar-refractivity contribution in [1.29, 1.82) is 0 Å². The molecule has 1 atom stereocenters. The molecule has 7 nitrogen and oxygen atoms in total. The van der Waals surface area contributed by atoms with E-state index in [1.54, 1.807) is 0 Å². The molecule has 30 heavy (non-hydrogen) atoms. The van der Waals surface area contributed by atoms with Crippen LogP contribution in [-0.4, -0.2) is 52.0 Å². The van der Waals surface area contributed by atoms with Gasteiger partial charge in [0.1, 0.15) is 5.75 Å². The highest BCUT2D eigenvalue weighted by atomic mass is 32.2. The number of morpholine rings is 1. The summed E-state index contributed by atoms with van der Waals surface area (Å²) >= 11 is 0. The van der Waals surface area contributed by atoms with Gasteiger partial charge in [-0.2, -0.15) is 4.31 Å². The average molecular weight is 433 g/mol. The Balaban J connectivity index is 1.89. The summed E-state index contributed by atoms with van der Waals surface area (Å²) in [6.45, 7) is 5.30. The smallest absolute Gasteiger partial charge is 0.255 e. The van der Waals surface area contributed by atoms with Crippen molar-refractivity contribution in [2.24, 2.45) is 0 Å². The summed E-state index contributed by atoms with van der Waals surface area (Å²) in [6, 6.07) is 12.2. The molecule has 0 radical (unpaired) electrons. The van der Waals surface area contributed by atoms with E-state index in [2.05, 4.69) is 5.32 Å². The number of nitrogens with one attached hydrogen (secondary N) is 1. The van der Waals surface area contributed by atoms with E-state index in [9.17, 15) is 13.2 Å². The van der Waals surface area contributed by atoms with Gasteiger partial charge in [-0.1, -0.05) is 36.8 Å². The first-order valence-electron chi connectivity index (χ1n) is 10.00. The first-order chi connectivity index (χ1) is 14.4. The SMILES string of the molecule is CC[C@H](NC(=O)c1cc(S(=O)(=O)N2CCOCC2)ccc1OC)c1ccc(C)cc1. The zero-order valence-electron chi connectivity index (χ0n) is 17.6. The lowest BCUT2D eigenvalue weighted by Crippen LogP contribution is -2.40. The first-order valence-corrected chi connectivity index (χ1v) is 11.4. The molecule has 8 heteroatoms. The first kappa shape index (κ1) is 22.3. The Kier molecular flexibility index (Phi) is 7.12. The summed E-state index contributed by atoms with van der Waals surface area (Å²) in [5.41, 5.74) is 2.33. The number of carbonyl (C=O) groups is 1. The third kappa shape index (κ3) is 4.83. The molecule has 2 aromatic rings. The van der Waals surface area contributed by atoms with Crippen molar-refractivity contribution in [2.75, 3.05) is 33.4 Å². The maximum atomic E-state index is 13.1. The molecule has 0 spiro atoms. The second kappa shape index (κ2) is 9.59. The molecule has 3 rings (SSSR count). The Hall–Kier alpha value is -2.42. The van der Waals surface area contributed by atoms with Gasteiger partial charge in [0.05, 0.1) is 36.8 Å². The van der Waals surface area contributed by atoms with E-state index in [1.807, 2.05) is 38.1 Å². The topological polar surface area (TPSA) is 84.9 Å². The quantitative estimate of drug-likeness (QED) is 0.727. The third-order valence-corrected chi connectivity index (χ3v) is 7.11. The molecule has 0 unspecified atom stereocenters. The lowest BCUT2D eigenvalue weighted by Gasteiger charge is -2.26. The molecule has 0 aliphatic carbocycles. The molecule has 1 amide bonds. The summed E-state index contributed by atoms with van der Waals surface area (Å²) in [5, 5.41) is 3.00. The van der Waals surface area contributed by atoms with Crippen LogP contribution in [0, 0.1) is 6.92 Å². The molecule has 1 N–H and O–H groups in total. The molecule has 0 bridgehead atoms. The lowest BCUT2D eigenvalue weighted by atomic mass is 10.0. The van der Waals surface area contributed by atoms with Gasteiger partial charge in [0, 0.05) is 13.1 Å². The van der Waals surface area contributed by atoms with E-state index in [-0.39, 0.29) is 22.4 Å². The van der Waals surface area contributed by atoms with E-state index in [0.29, 0.717) is 38.5 Å². The molecule has 1 heterocycles. The minimum absolute atomic E-state index is 0.0683. The molecule has 0 aromatic heterocycles. The fraction of sp³-hybridized carbons (Fsp3) is 0.409. The lowest BCUT2D eigenvalue weighted by molar-refractivity contribution is 0.0730. The highest BCUT2D eigenvalue weighted by molar-refractivity contribution is 7.89. The van der Waals surface area contributed by atoms with E-state index < -0.39 is 10.0 Å². The Labute approximate surface area is 178 Å². The molecular formula is C22H28N2O5S. The van der Waals surface area contributed by atoms with Gasteiger partial charge in [-0.15, -0.1) is 0 Å². The van der Waals surface area contributed by atoms with Gasteiger partial charge in [-0.3, -0.25) is 4.79 Å². The number of amides is 1. The molecule has 1 aliphatic rings. The van der Waals surface area contributed by atoms with Gasteiger partial charge >= 0.3 is 0 Å². The van der Waals surface area contributed by atoms with Crippen LogP contribution >= 0.6 is 0 Å². The number of methoxy groups -OCH3 is 1. The van der Waals surface area contributed by atoms with Gasteiger partial charge in [0.25, 0.3) is 5.91 Å². The summed E-state index contributed by atoms with van der Waals surface area (Å²) < 4.78 is 37.9. The number of benzene rings is 2. The van der Waals surface area contributed by atoms with Gasteiger partial charge in [0.2, 0.25) is 10.0 Å². The minimum atomic E-state index is -3.72. The minimum Gasteiger partial charge on any atom is -0.496 e. The van der Waals surface area contributed by atoms with Crippen molar-refractivity contribution in [3.05, 3.63) is 59.2 Å². The number of carbonyl (C=O) groups excluding carboxylic acids is 1.